The van der Waals surface area contributed by atoms with Crippen molar-refractivity contribution in [2.24, 2.45) is 11.5 Å². The van der Waals surface area contributed by atoms with Gasteiger partial charge in [0.15, 0.2) is 18.7 Å². The highest BCUT2D eigenvalue weighted by molar-refractivity contribution is 8.76. The van der Waals surface area contributed by atoms with Crippen LogP contribution < -0.4 is 58.7 Å². The monoisotopic (exact) mass is 1670 g/mol. The summed E-state index contributed by atoms with van der Waals surface area (Å²) in [7, 11) is 3.07. The highest BCUT2D eigenvalue weighted by Crippen LogP contribution is 2.53. The van der Waals surface area contributed by atoms with E-state index in [1.165, 1.54) is 46.1 Å². The van der Waals surface area contributed by atoms with Gasteiger partial charge in [0, 0.05) is 103 Å². The van der Waals surface area contributed by atoms with Crippen LogP contribution in [0.5, 0.6) is 17.2 Å². The number of unbranched alkanes of at least 4 members (excludes halogenated alkanes) is 2. The number of amides is 8. The van der Waals surface area contributed by atoms with Crippen LogP contribution in [-0.2, 0) is 87.8 Å². The van der Waals surface area contributed by atoms with E-state index >= 15 is 19.2 Å². The zero-order valence-electron chi connectivity index (χ0n) is 65.4. The Kier molecular flexibility index (Phi) is 31.5. The predicted octanol–water partition coefficient (Wildman–Crippen LogP) is 0.478. The first-order valence-corrected chi connectivity index (χ1v) is 41.4. The number of ketones is 3. The Bertz CT molecular complexity index is 4640. The molecule has 8 amide bonds. The number of aromatic nitrogens is 1. The molecule has 5 aromatic carbocycles. The zero-order chi connectivity index (χ0) is 85.2. The number of aliphatic hydroxyl groups is 5. The van der Waals surface area contributed by atoms with Gasteiger partial charge in [-0.15, -0.1) is 0 Å². The predicted molar refractivity (Wildman–Crippen MR) is 430 cm³/mol. The second-order valence-corrected chi connectivity index (χ2v) is 32.4. The smallest absolute Gasteiger partial charge is 0.306 e. The number of carbonyl (C=O) groups is 12. The number of aliphatic hydroxyl groups excluding tert-OH is 4. The molecule has 0 spiro atoms. The molecular weight excluding hydrogens is 1570 g/mol. The number of rotatable bonds is 29. The number of nitrogens with one attached hydrogen (secondary N) is 9. The maximum absolute atomic E-state index is 15.3. The lowest BCUT2D eigenvalue weighted by Crippen LogP contribution is -2.62. The number of aromatic amines is 1. The number of hydrogen-bond donors (Lipinski definition) is 18. The van der Waals surface area contributed by atoms with Gasteiger partial charge in [0.2, 0.25) is 58.8 Å². The molecule has 0 bridgehead atoms. The number of nitrogens with two attached hydrogens (primary N) is 2. The first kappa shape index (κ1) is 90.0. The Balaban J connectivity index is 0.890. The lowest BCUT2D eigenvalue weighted by atomic mass is 9.72. The Hall–Kier alpha value is -10.4. The molecule has 1 aromatic heterocycles. The largest absolute Gasteiger partial charge is 0.507 e. The van der Waals surface area contributed by atoms with Crippen molar-refractivity contribution in [2.45, 2.75) is 201 Å². The average Bonchev–Trinajstić information content (AvgIpc) is 0.754. The van der Waals surface area contributed by atoms with Gasteiger partial charge in [0.1, 0.15) is 65.1 Å². The summed E-state index contributed by atoms with van der Waals surface area (Å²) < 4.78 is 22.9. The number of methoxy groups -OCH3 is 1. The Labute approximate surface area is 686 Å². The summed E-state index contributed by atoms with van der Waals surface area (Å²) in [5, 5.41) is 101. The molecule has 2 saturated heterocycles. The summed E-state index contributed by atoms with van der Waals surface area (Å²) in [4.78, 5) is 178. The van der Waals surface area contributed by atoms with Crippen molar-refractivity contribution >= 4 is 103 Å². The van der Waals surface area contributed by atoms with Gasteiger partial charge in [-0.05, 0) is 75.4 Å². The third-order valence-corrected chi connectivity index (χ3v) is 23.6. The van der Waals surface area contributed by atoms with Gasteiger partial charge in [-0.25, -0.2) is 0 Å². The minimum Gasteiger partial charge on any atom is -0.507 e. The molecule has 634 valence electrons. The first-order chi connectivity index (χ1) is 56.4. The molecule has 0 radical (unpaired) electrons. The summed E-state index contributed by atoms with van der Waals surface area (Å²) in [5.74, 6) is -13.8. The number of aromatic hydroxyl groups is 2. The van der Waals surface area contributed by atoms with Crippen molar-refractivity contribution < 1.29 is 112 Å². The van der Waals surface area contributed by atoms with Crippen LogP contribution in [0.1, 0.15) is 144 Å². The van der Waals surface area contributed by atoms with E-state index in [1.54, 1.807) is 91.1 Å². The van der Waals surface area contributed by atoms with E-state index in [-0.39, 0.29) is 78.0 Å². The van der Waals surface area contributed by atoms with E-state index in [1.807, 2.05) is 0 Å². The topological polar surface area (TPSA) is 547 Å². The van der Waals surface area contributed by atoms with Crippen LogP contribution in [0.3, 0.4) is 0 Å². The molecule has 16 atom stereocenters. The van der Waals surface area contributed by atoms with Gasteiger partial charge in [-0.1, -0.05) is 125 Å². The van der Waals surface area contributed by atoms with Gasteiger partial charge < -0.3 is 114 Å². The molecule has 36 heteroatoms. The second kappa shape index (κ2) is 41.3. The van der Waals surface area contributed by atoms with Crippen molar-refractivity contribution in [3.63, 3.8) is 0 Å². The van der Waals surface area contributed by atoms with E-state index < -0.39 is 229 Å². The number of benzene rings is 5. The van der Waals surface area contributed by atoms with Gasteiger partial charge >= 0.3 is 5.97 Å². The zero-order valence-corrected chi connectivity index (χ0v) is 67.0. The molecule has 2 aliphatic heterocycles. The first-order valence-electron chi connectivity index (χ1n) is 38.9. The van der Waals surface area contributed by atoms with Crippen molar-refractivity contribution in [1.82, 2.24) is 47.5 Å². The molecule has 3 heterocycles. The van der Waals surface area contributed by atoms with Crippen molar-refractivity contribution in [1.29, 1.82) is 0 Å². The second-order valence-electron chi connectivity index (χ2n) is 29.9. The standard InChI is InChI=1S/C82H101N11O23S2/c1-41(95)56(37-94)90-80(110)58-40-118-117-39-57(79(109)88-54(31-45-20-10-6-11-21-45)77(107)89-55(32-46-36-85-51-24-14-13-22-47(46)51)78(108)87-52(25-12-7-15-29-83)75(105)93-69(42(2)96)81(111)92-58)91-76(106)53(30-44-18-8-5-9-19-44)86-62(98)27-17-28-63(99)114-38-61(97)82(112)34-49-66(60(35-82)116-64-33-50(84)70(100)43(3)115-64)74(104)68-67(72(49)102)71(101)48-23-16-26-59(113-4)65(48)73(68)103/h5-6,8-11,13-14,16,18-24,26,36,41-43,50,52-58,60,64,69-70,85,94-96,100,102,104,112H,7,12,15,17,25,27-35,37-40,83-84H2,1-4H3,(H,86,98)(H,87,108)(H,88,109)(H,89,107)(H,90,110)(H,91,106)(H,92,111)(H,93,105)/t41-,42-,43+,50+,52+,53-,54+,55-,56-,57+,58+,60+,64+,69+,70-,82+/m1/s1. The number of para-hydroxylation sites is 1. The number of fused-ring (bicyclic) bond motifs is 4. The number of esters is 1. The summed E-state index contributed by atoms with van der Waals surface area (Å²) >= 11 is 0. The van der Waals surface area contributed by atoms with Crippen LogP contribution in [0.2, 0.25) is 0 Å². The van der Waals surface area contributed by atoms with Gasteiger partial charge in [0.05, 0.1) is 67.0 Å². The molecule has 2 aliphatic carbocycles. The van der Waals surface area contributed by atoms with E-state index in [9.17, 15) is 74.1 Å². The third-order valence-electron chi connectivity index (χ3n) is 21.2. The Morgan fingerprint density at radius 1 is 0.712 bits per heavy atom. The van der Waals surface area contributed by atoms with E-state index in [0.29, 0.717) is 53.4 Å². The highest BCUT2D eigenvalue weighted by Gasteiger charge is 2.51. The van der Waals surface area contributed by atoms with Gasteiger partial charge in [0.25, 0.3) is 0 Å². The van der Waals surface area contributed by atoms with E-state index in [4.69, 9.17) is 30.4 Å². The fraction of sp³-hybridized carbons (Fsp3) is 0.463. The number of hydrogen-bond acceptors (Lipinski definition) is 27. The van der Waals surface area contributed by atoms with Crippen molar-refractivity contribution in [3.8, 4) is 17.2 Å². The van der Waals surface area contributed by atoms with E-state index in [2.05, 4.69) is 47.5 Å². The summed E-state index contributed by atoms with van der Waals surface area (Å²) in [6.07, 6.45) is -8.33. The van der Waals surface area contributed by atoms with Crippen LogP contribution in [0, 0.1) is 0 Å². The quantitative estimate of drug-likeness (QED) is 0.0131. The molecular formula is C82H101N11O23S2. The number of H-pyrrole nitrogens is 1. The number of Topliss-reactive ketones (excluding diaryl/α,β-unsaturated/α-hetero) is 1. The molecule has 6 aromatic rings. The third kappa shape index (κ3) is 22.3. The molecule has 34 nitrogen and oxygen atoms in total. The number of ether oxygens (including phenoxy) is 4. The maximum atomic E-state index is 15.3. The molecule has 2 fully saturated rings. The van der Waals surface area contributed by atoms with Crippen LogP contribution >= 0.6 is 21.6 Å². The molecule has 10 rings (SSSR count). The molecule has 20 N–H and O–H groups in total. The van der Waals surface area contributed by atoms with Crippen LogP contribution in [0.25, 0.3) is 10.9 Å². The summed E-state index contributed by atoms with van der Waals surface area (Å²) in [6.45, 7) is 2.49. The van der Waals surface area contributed by atoms with Gasteiger partial charge in [-0.2, -0.15) is 0 Å². The maximum Gasteiger partial charge on any atom is 0.306 e. The van der Waals surface area contributed by atoms with Gasteiger partial charge in [-0.3, -0.25) is 57.5 Å². The summed E-state index contributed by atoms with van der Waals surface area (Å²) in [6, 6.07) is 15.2. The fourth-order valence-corrected chi connectivity index (χ4v) is 16.9. The van der Waals surface area contributed by atoms with Crippen molar-refractivity contribution in [2.75, 3.05) is 38.4 Å². The summed E-state index contributed by atoms with van der Waals surface area (Å²) in [5.41, 5.74) is 9.53. The lowest BCUT2D eigenvalue weighted by molar-refractivity contribution is -0.247. The molecule has 0 saturated carbocycles. The average molecular weight is 1670 g/mol. The lowest BCUT2D eigenvalue weighted by Gasteiger charge is -2.42. The number of phenols is 2. The molecule has 0 unspecified atom stereocenters. The fourth-order valence-electron chi connectivity index (χ4n) is 14.6. The molecule has 118 heavy (non-hydrogen) atoms. The van der Waals surface area contributed by atoms with Crippen molar-refractivity contribution in [3.05, 3.63) is 159 Å². The molecule has 4 aliphatic rings. The Morgan fingerprint density at radius 2 is 1.36 bits per heavy atom. The minimum absolute atomic E-state index is 0.00470. The van der Waals surface area contributed by atoms with Crippen LogP contribution in [0.4, 0.5) is 0 Å². The SMILES string of the molecule is COc1cccc2c1C(=O)c1c(O)c3c(c(O)c1C2=O)C[C@@](O)(C(=O)COC(=O)CCCC(=O)N[C@H](Cc1ccccc1)C(=O)N[C@H]1CSSC[C@@H](C(=O)N[C@H](CO)[C@@H](C)O)NC(=O)[C@H]([C@@H](C)O)NC(=O)[C@H](CCCCCN)NC(=O)[C@@H](Cc2c[nH]c4ccccc24)NC(=O)[C@H](Cc2ccccc2)NC1=O)C[C@@H]3O[C@H]1C[C@H](N)[C@H](O)[C@H](C)O1. The number of phenolic OH excluding ortho intramolecular Hbond substituents is 2. The normalized spacial score (nSPS) is 24.4. The minimum atomic E-state index is -2.59. The van der Waals surface area contributed by atoms with Crippen LogP contribution in [-0.4, -0.2) is 240 Å². The van der Waals surface area contributed by atoms with Crippen LogP contribution in [0.15, 0.2) is 109 Å². The Morgan fingerprint density at radius 3 is 2.04 bits per heavy atom. The highest BCUT2D eigenvalue weighted by atomic mass is 33.1. The number of carbonyl (C=O) groups excluding carboxylic acids is 12. The van der Waals surface area contributed by atoms with E-state index in [0.717, 1.165) is 21.6 Å².